The molecule has 1 unspecified atom stereocenters. The molecule has 0 aliphatic carbocycles. The van der Waals surface area contributed by atoms with Crippen LogP contribution in [-0.2, 0) is 24.4 Å². The monoisotopic (exact) mass is 262 g/mol. The Morgan fingerprint density at radius 1 is 1.50 bits per heavy atom. The molecule has 0 amide bonds. The van der Waals surface area contributed by atoms with Crippen LogP contribution in [0.25, 0.3) is 0 Å². The minimum Gasteiger partial charge on any atom is -1.00 e. The second kappa shape index (κ2) is 7.80. The molecule has 0 fully saturated rings. The first kappa shape index (κ1) is 18.0. The molecule has 0 bridgehead atoms. The Morgan fingerprint density at radius 2 is 2.00 bits per heavy atom. The van der Waals surface area contributed by atoms with Gasteiger partial charge in [0.05, 0.1) is 6.42 Å². The Bertz CT molecular complexity index is 366. The summed E-state index contributed by atoms with van der Waals surface area (Å²) in [5, 5.41) is 6.22. The largest absolute Gasteiger partial charge is 1.00 e. The number of rotatable bonds is 6. The van der Waals surface area contributed by atoms with Gasteiger partial charge in [-0.1, -0.05) is 12.7 Å². The summed E-state index contributed by atoms with van der Waals surface area (Å²) in [6, 6.07) is 0. The SMILES string of the molecule is C=CCOC(=O)C(CC(=O)O)S(=O)(=O)O.[H-].[Na+]. The van der Waals surface area contributed by atoms with Crippen LogP contribution in [0.5, 0.6) is 0 Å². The van der Waals surface area contributed by atoms with Crippen LogP contribution in [0.3, 0.4) is 0 Å². The maximum absolute atomic E-state index is 11.0. The van der Waals surface area contributed by atoms with E-state index >= 15 is 0 Å². The summed E-state index contributed by atoms with van der Waals surface area (Å²) in [4.78, 5) is 21.2. The van der Waals surface area contributed by atoms with Crippen molar-refractivity contribution in [3.05, 3.63) is 12.7 Å². The van der Waals surface area contributed by atoms with Crippen LogP contribution in [0.2, 0.25) is 0 Å². The Kier molecular flexibility index (Phi) is 8.76. The van der Waals surface area contributed by atoms with E-state index in [1.54, 1.807) is 0 Å². The van der Waals surface area contributed by atoms with Gasteiger partial charge in [0.1, 0.15) is 6.61 Å². The van der Waals surface area contributed by atoms with Crippen molar-refractivity contribution in [2.75, 3.05) is 6.61 Å². The summed E-state index contributed by atoms with van der Waals surface area (Å²) in [5.74, 6) is -2.85. The molecule has 9 heteroatoms. The molecule has 0 aromatic rings. The van der Waals surface area contributed by atoms with Gasteiger partial charge in [-0.2, -0.15) is 8.42 Å². The van der Waals surface area contributed by atoms with Gasteiger partial charge in [0, 0.05) is 0 Å². The fraction of sp³-hybridized carbons (Fsp3) is 0.429. The zero-order chi connectivity index (χ0) is 12.1. The first-order valence-electron chi connectivity index (χ1n) is 3.74. The summed E-state index contributed by atoms with van der Waals surface area (Å²) in [6.45, 7) is 2.95. The van der Waals surface area contributed by atoms with Crippen LogP contribution in [0.1, 0.15) is 7.85 Å². The van der Waals surface area contributed by atoms with Crippen LogP contribution in [0.4, 0.5) is 0 Å². The molecule has 0 aromatic heterocycles. The quantitative estimate of drug-likeness (QED) is 0.221. The van der Waals surface area contributed by atoms with Gasteiger partial charge < -0.3 is 11.3 Å². The smallest absolute Gasteiger partial charge is 1.00 e. The number of ether oxygens (including phenoxy) is 1. The standard InChI is InChI=1S/C7H10O7S.Na.H/c1-2-3-14-7(10)5(4-6(8)9)15(11,12)13;;/h2,5H,1,3-4H2,(H,8,9)(H,11,12,13);;/q;+1;-1. The van der Waals surface area contributed by atoms with Crippen LogP contribution in [-0.4, -0.2) is 41.9 Å². The summed E-state index contributed by atoms with van der Waals surface area (Å²) in [7, 11) is -4.78. The van der Waals surface area contributed by atoms with Crippen molar-refractivity contribution in [3.8, 4) is 0 Å². The van der Waals surface area contributed by atoms with E-state index in [2.05, 4.69) is 11.3 Å². The van der Waals surface area contributed by atoms with Gasteiger partial charge in [-0.15, -0.1) is 0 Å². The molecule has 0 aliphatic rings. The van der Waals surface area contributed by atoms with Crippen molar-refractivity contribution in [2.24, 2.45) is 0 Å². The topological polar surface area (TPSA) is 118 Å². The second-order valence-electron chi connectivity index (χ2n) is 2.52. The third kappa shape index (κ3) is 6.96. The first-order chi connectivity index (χ1) is 6.79. The van der Waals surface area contributed by atoms with Crippen LogP contribution in [0.15, 0.2) is 12.7 Å². The molecular weight excluding hydrogens is 251 g/mol. The normalized spacial score (nSPS) is 12.1. The number of carbonyl (C=O) groups is 2. The minimum atomic E-state index is -4.78. The zero-order valence-electron chi connectivity index (χ0n) is 9.62. The molecule has 7 nitrogen and oxygen atoms in total. The average Bonchev–Trinajstić information content (AvgIpc) is 2.08. The number of carbonyl (C=O) groups excluding carboxylic acids is 1. The number of hydrogen-bond acceptors (Lipinski definition) is 5. The molecule has 16 heavy (non-hydrogen) atoms. The molecule has 2 N–H and O–H groups in total. The van der Waals surface area contributed by atoms with Gasteiger partial charge in [0.25, 0.3) is 10.1 Å². The number of hydrogen-bond donors (Lipinski definition) is 2. The number of carboxylic acid groups (broad SMARTS) is 1. The van der Waals surface area contributed by atoms with Crippen LogP contribution >= 0.6 is 0 Å². The molecule has 0 radical (unpaired) electrons. The van der Waals surface area contributed by atoms with E-state index in [0.717, 1.165) is 0 Å². The van der Waals surface area contributed by atoms with Gasteiger partial charge in [-0.05, 0) is 0 Å². The molecule has 0 spiro atoms. The maximum Gasteiger partial charge on any atom is 1.00 e. The molecule has 0 saturated carbocycles. The molecule has 88 valence electrons. The number of carboxylic acids is 1. The van der Waals surface area contributed by atoms with Gasteiger partial charge in [-0.3, -0.25) is 14.1 Å². The van der Waals surface area contributed by atoms with Crippen LogP contribution in [0, 0.1) is 0 Å². The third-order valence-corrected chi connectivity index (χ3v) is 2.40. The minimum absolute atomic E-state index is 0. The molecule has 1 atom stereocenters. The van der Waals surface area contributed by atoms with Crippen molar-refractivity contribution in [2.45, 2.75) is 11.7 Å². The fourth-order valence-electron chi connectivity index (χ4n) is 0.703. The van der Waals surface area contributed by atoms with Crippen LogP contribution < -0.4 is 29.6 Å². The summed E-state index contributed by atoms with van der Waals surface area (Å²) in [6.07, 6.45) is 0.133. The average molecular weight is 262 g/mol. The summed E-state index contributed by atoms with van der Waals surface area (Å²) in [5.41, 5.74) is 0. The molecule has 0 heterocycles. The Balaban J connectivity index is -0.000000980. The Labute approximate surface area is 116 Å². The summed E-state index contributed by atoms with van der Waals surface area (Å²) >= 11 is 0. The van der Waals surface area contributed by atoms with Gasteiger partial charge in [-0.25, -0.2) is 0 Å². The van der Waals surface area contributed by atoms with Gasteiger partial charge >= 0.3 is 41.5 Å². The molecule has 0 aromatic carbocycles. The zero-order valence-corrected chi connectivity index (χ0v) is 11.4. The maximum atomic E-state index is 11.0. The van der Waals surface area contributed by atoms with E-state index in [1.165, 1.54) is 6.08 Å². The molecular formula is C7H11NaO7S. The van der Waals surface area contributed by atoms with Gasteiger partial charge in [0.2, 0.25) is 0 Å². The molecule has 0 saturated heterocycles. The Morgan fingerprint density at radius 3 is 2.31 bits per heavy atom. The van der Waals surface area contributed by atoms with E-state index in [4.69, 9.17) is 9.66 Å². The second-order valence-corrected chi connectivity index (χ2v) is 4.12. The molecule has 0 aliphatic heterocycles. The van der Waals surface area contributed by atoms with E-state index in [1.807, 2.05) is 0 Å². The van der Waals surface area contributed by atoms with E-state index < -0.39 is 33.7 Å². The van der Waals surface area contributed by atoms with Crippen molar-refractivity contribution in [1.82, 2.24) is 0 Å². The molecule has 0 rings (SSSR count). The van der Waals surface area contributed by atoms with Gasteiger partial charge in [0.15, 0.2) is 5.25 Å². The third-order valence-electron chi connectivity index (χ3n) is 1.33. The van der Waals surface area contributed by atoms with Crippen molar-refractivity contribution in [3.63, 3.8) is 0 Å². The van der Waals surface area contributed by atoms with E-state index in [9.17, 15) is 18.0 Å². The number of esters is 1. The Hall–Kier alpha value is -0.410. The predicted molar refractivity (Wildman–Crippen MR) is 49.9 cm³/mol. The van der Waals surface area contributed by atoms with E-state index in [0.29, 0.717) is 0 Å². The fourth-order valence-corrected chi connectivity index (χ4v) is 1.37. The first-order valence-corrected chi connectivity index (χ1v) is 5.25. The predicted octanol–water partition coefficient (Wildman–Crippen LogP) is -3.44. The number of aliphatic carboxylic acids is 1. The van der Waals surface area contributed by atoms with E-state index in [-0.39, 0.29) is 37.6 Å². The van der Waals surface area contributed by atoms with Crippen molar-refractivity contribution < 1.29 is 63.4 Å². The van der Waals surface area contributed by atoms with Crippen molar-refractivity contribution >= 4 is 22.1 Å². The summed E-state index contributed by atoms with van der Waals surface area (Å²) < 4.78 is 34.2. The van der Waals surface area contributed by atoms with Crippen molar-refractivity contribution in [1.29, 1.82) is 0 Å².